The van der Waals surface area contributed by atoms with E-state index in [2.05, 4.69) is 0 Å². The first kappa shape index (κ1) is 13.1. The summed E-state index contributed by atoms with van der Waals surface area (Å²) in [5.74, 6) is -0.517. The number of benzene rings is 1. The van der Waals surface area contributed by atoms with Crippen molar-refractivity contribution in [3.05, 3.63) is 41.0 Å². The third kappa shape index (κ3) is 2.91. The van der Waals surface area contributed by atoms with Crippen LogP contribution in [0.3, 0.4) is 0 Å². The molecule has 0 saturated heterocycles. The third-order valence-electron chi connectivity index (χ3n) is 2.70. The van der Waals surface area contributed by atoms with Crippen molar-refractivity contribution in [1.29, 1.82) is 0 Å². The van der Waals surface area contributed by atoms with Crippen LogP contribution in [0.4, 0.5) is 0 Å². The van der Waals surface area contributed by atoms with Gasteiger partial charge in [0.15, 0.2) is 0 Å². The van der Waals surface area contributed by atoms with Gasteiger partial charge in [-0.15, -0.1) is 0 Å². The predicted octanol–water partition coefficient (Wildman–Crippen LogP) is 2.83. The summed E-state index contributed by atoms with van der Waals surface area (Å²) in [5, 5.41) is 0. The lowest BCUT2D eigenvalue weighted by Crippen LogP contribution is -2.07. The first-order valence-electron chi connectivity index (χ1n) is 5.89. The second-order valence-corrected chi connectivity index (χ2v) is 4.10. The zero-order valence-electron chi connectivity index (χ0n) is 10.8. The highest BCUT2D eigenvalue weighted by Crippen LogP contribution is 2.29. The fourth-order valence-corrected chi connectivity index (χ4v) is 1.90. The van der Waals surface area contributed by atoms with Crippen LogP contribution >= 0.6 is 0 Å². The standard InChI is InChI=1S/C15H14O4/c1-10(16)19-14-9-12(15(17)18-2)8-11-6-4-3-5-7-13(11)14/h4-9H,3H2,1-2H3. The molecule has 0 fully saturated rings. The first-order chi connectivity index (χ1) is 9.11. The summed E-state index contributed by atoms with van der Waals surface area (Å²) in [7, 11) is 1.31. The summed E-state index contributed by atoms with van der Waals surface area (Å²) in [6, 6.07) is 3.25. The van der Waals surface area contributed by atoms with Gasteiger partial charge in [0.2, 0.25) is 0 Å². The van der Waals surface area contributed by atoms with Crippen LogP contribution in [0.2, 0.25) is 0 Å². The maximum atomic E-state index is 11.6. The van der Waals surface area contributed by atoms with Crippen molar-refractivity contribution in [1.82, 2.24) is 0 Å². The summed E-state index contributed by atoms with van der Waals surface area (Å²) >= 11 is 0. The number of carbonyl (C=O) groups excluding carboxylic acids is 2. The molecule has 0 aromatic heterocycles. The molecule has 19 heavy (non-hydrogen) atoms. The molecule has 1 aromatic carbocycles. The largest absolute Gasteiger partial charge is 0.465 e. The van der Waals surface area contributed by atoms with Gasteiger partial charge in [0.25, 0.3) is 0 Å². The molecule has 0 radical (unpaired) electrons. The summed E-state index contributed by atoms with van der Waals surface area (Å²) in [4.78, 5) is 22.8. The second kappa shape index (κ2) is 5.52. The quantitative estimate of drug-likeness (QED) is 0.604. The molecule has 0 unspecified atom stereocenters. The van der Waals surface area contributed by atoms with Crippen molar-refractivity contribution in [3.63, 3.8) is 0 Å². The van der Waals surface area contributed by atoms with Crippen LogP contribution in [0.15, 0.2) is 24.3 Å². The Morgan fingerprint density at radius 3 is 2.58 bits per heavy atom. The first-order valence-corrected chi connectivity index (χ1v) is 5.89. The molecule has 4 heteroatoms. The molecule has 0 spiro atoms. The lowest BCUT2D eigenvalue weighted by atomic mass is 10.0. The molecule has 2 rings (SSSR count). The average molecular weight is 258 g/mol. The SMILES string of the molecule is COC(=O)c1cc2c(c(OC(C)=O)c1)C=CCC=C2. The number of hydrogen-bond acceptors (Lipinski definition) is 4. The minimum Gasteiger partial charge on any atom is -0.465 e. The highest BCUT2D eigenvalue weighted by Gasteiger charge is 2.15. The van der Waals surface area contributed by atoms with Crippen LogP contribution in [-0.2, 0) is 9.53 Å². The van der Waals surface area contributed by atoms with Crippen LogP contribution in [-0.4, -0.2) is 19.0 Å². The topological polar surface area (TPSA) is 52.6 Å². The molecule has 4 nitrogen and oxygen atoms in total. The van der Waals surface area contributed by atoms with Crippen molar-refractivity contribution >= 4 is 24.1 Å². The minimum absolute atomic E-state index is 0.359. The number of rotatable bonds is 2. The number of methoxy groups -OCH3 is 1. The predicted molar refractivity (Wildman–Crippen MR) is 71.8 cm³/mol. The zero-order valence-corrected chi connectivity index (χ0v) is 10.8. The van der Waals surface area contributed by atoms with Crippen molar-refractivity contribution in [2.75, 3.05) is 7.11 Å². The summed E-state index contributed by atoms with van der Waals surface area (Å²) in [5.41, 5.74) is 1.97. The Hall–Kier alpha value is -2.36. The van der Waals surface area contributed by atoms with Crippen LogP contribution in [0.25, 0.3) is 12.2 Å². The molecule has 0 bridgehead atoms. The van der Waals surface area contributed by atoms with Crippen molar-refractivity contribution < 1.29 is 19.1 Å². The van der Waals surface area contributed by atoms with E-state index in [-0.39, 0.29) is 0 Å². The van der Waals surface area contributed by atoms with E-state index in [9.17, 15) is 9.59 Å². The molecular weight excluding hydrogens is 244 g/mol. The van der Waals surface area contributed by atoms with Gasteiger partial charge in [-0.2, -0.15) is 0 Å². The number of allylic oxidation sites excluding steroid dienone is 2. The van der Waals surface area contributed by atoms with Gasteiger partial charge >= 0.3 is 11.9 Å². The van der Waals surface area contributed by atoms with Crippen LogP contribution in [0.1, 0.15) is 34.8 Å². The van der Waals surface area contributed by atoms with Crippen molar-refractivity contribution in [2.45, 2.75) is 13.3 Å². The van der Waals surface area contributed by atoms with Gasteiger partial charge in [0.05, 0.1) is 12.7 Å². The molecule has 1 aromatic rings. The average Bonchev–Trinajstić information content (AvgIpc) is 2.62. The van der Waals surface area contributed by atoms with Crippen molar-refractivity contribution in [2.24, 2.45) is 0 Å². The van der Waals surface area contributed by atoms with Gasteiger partial charge in [-0.25, -0.2) is 4.79 Å². The molecule has 1 aliphatic carbocycles. The van der Waals surface area contributed by atoms with E-state index in [0.717, 1.165) is 17.5 Å². The molecule has 0 heterocycles. The highest BCUT2D eigenvalue weighted by molar-refractivity contribution is 5.92. The Balaban J connectivity index is 2.59. The molecular formula is C15H14O4. The smallest absolute Gasteiger partial charge is 0.338 e. The van der Waals surface area contributed by atoms with Crippen molar-refractivity contribution in [3.8, 4) is 5.75 Å². The molecule has 0 saturated carbocycles. The highest BCUT2D eigenvalue weighted by atomic mass is 16.5. The number of ether oxygens (including phenoxy) is 2. The Kier molecular flexibility index (Phi) is 3.80. The maximum absolute atomic E-state index is 11.6. The Morgan fingerprint density at radius 1 is 1.16 bits per heavy atom. The molecule has 0 amide bonds. The fourth-order valence-electron chi connectivity index (χ4n) is 1.90. The summed E-state index contributed by atoms with van der Waals surface area (Å²) in [6.07, 6.45) is 8.51. The van der Waals surface area contributed by atoms with E-state index in [1.807, 2.05) is 24.3 Å². The molecule has 98 valence electrons. The maximum Gasteiger partial charge on any atom is 0.338 e. The Morgan fingerprint density at radius 2 is 1.89 bits per heavy atom. The van der Waals surface area contributed by atoms with Crippen LogP contribution in [0.5, 0.6) is 5.75 Å². The monoisotopic (exact) mass is 258 g/mol. The molecule has 0 N–H and O–H groups in total. The summed E-state index contributed by atoms with van der Waals surface area (Å²) in [6.45, 7) is 1.33. The normalized spacial score (nSPS) is 12.5. The molecule has 0 atom stereocenters. The van der Waals surface area contributed by atoms with Crippen LogP contribution < -0.4 is 4.74 Å². The van der Waals surface area contributed by atoms with E-state index in [1.165, 1.54) is 20.1 Å². The van der Waals surface area contributed by atoms with Gasteiger partial charge in [0, 0.05) is 12.5 Å². The van der Waals surface area contributed by atoms with Crippen LogP contribution in [0, 0.1) is 0 Å². The molecule has 1 aliphatic rings. The number of fused-ring (bicyclic) bond motifs is 1. The van der Waals surface area contributed by atoms with Gasteiger partial charge in [-0.1, -0.05) is 24.3 Å². The van der Waals surface area contributed by atoms with E-state index in [1.54, 1.807) is 6.07 Å². The fraction of sp³-hybridized carbons (Fsp3) is 0.200. The van der Waals surface area contributed by atoms with Gasteiger partial charge in [0.1, 0.15) is 5.75 Å². The summed E-state index contributed by atoms with van der Waals surface area (Å²) < 4.78 is 9.87. The van der Waals surface area contributed by atoms with Gasteiger partial charge in [-0.05, 0) is 24.1 Å². The lowest BCUT2D eigenvalue weighted by molar-refractivity contribution is -0.131. The lowest BCUT2D eigenvalue weighted by Gasteiger charge is -2.11. The van der Waals surface area contributed by atoms with Gasteiger partial charge in [-0.3, -0.25) is 4.79 Å². The Labute approximate surface area is 111 Å². The zero-order chi connectivity index (χ0) is 13.8. The number of hydrogen-bond donors (Lipinski definition) is 0. The minimum atomic E-state index is -0.460. The van der Waals surface area contributed by atoms with E-state index >= 15 is 0 Å². The second-order valence-electron chi connectivity index (χ2n) is 4.10. The molecule has 0 aliphatic heterocycles. The van der Waals surface area contributed by atoms with Gasteiger partial charge < -0.3 is 9.47 Å². The van der Waals surface area contributed by atoms with E-state index in [0.29, 0.717) is 11.3 Å². The number of esters is 2. The number of carbonyl (C=O) groups is 2. The van der Waals surface area contributed by atoms with E-state index in [4.69, 9.17) is 9.47 Å². The van der Waals surface area contributed by atoms with E-state index < -0.39 is 11.9 Å². The third-order valence-corrected chi connectivity index (χ3v) is 2.70. The Bertz CT molecular complexity index is 582.